The Morgan fingerprint density at radius 1 is 1.00 bits per heavy atom. The number of carbonyl (C=O) groups excluding carboxylic acids is 1. The van der Waals surface area contributed by atoms with Crippen LogP contribution in [0.3, 0.4) is 0 Å². The number of hydrogen-bond donors (Lipinski definition) is 1. The van der Waals surface area contributed by atoms with Crippen molar-refractivity contribution in [3.8, 4) is 0 Å². The van der Waals surface area contributed by atoms with Crippen LogP contribution in [-0.2, 0) is 4.79 Å². The number of halogens is 2. The second-order valence-electron chi connectivity index (χ2n) is 4.29. The second-order valence-corrected chi connectivity index (χ2v) is 5.78. The Morgan fingerprint density at radius 3 is 1.88 bits per heavy atom. The molecule has 1 amide bonds. The van der Waals surface area contributed by atoms with Crippen molar-refractivity contribution in [1.82, 2.24) is 0 Å². The van der Waals surface area contributed by atoms with E-state index < -0.39 is 10.2 Å². The smallest absolute Gasteiger partial charge is 0.253 e. The molecule has 0 unspecified atom stereocenters. The van der Waals surface area contributed by atoms with Gasteiger partial charge < -0.3 is 5.73 Å². The number of nitrogens with two attached hydrogens (primary N) is 1. The van der Waals surface area contributed by atoms with Gasteiger partial charge in [-0.05, 0) is 12.8 Å². The first-order chi connectivity index (χ1) is 7.50. The Hall–Kier alpha value is 0.0500. The van der Waals surface area contributed by atoms with Crippen LogP contribution in [0.15, 0.2) is 0 Å². The molecule has 0 aliphatic heterocycles. The number of rotatable bonds is 10. The molecule has 0 radical (unpaired) electrons. The first kappa shape index (κ1) is 16.1. The normalized spacial score (nSPS) is 11.7. The number of alkyl halides is 2. The highest BCUT2D eigenvalue weighted by Crippen LogP contribution is 2.27. The van der Waals surface area contributed by atoms with E-state index in [0.29, 0.717) is 6.42 Å². The number of unbranched alkanes of at least 4 members (excludes halogenated alkanes) is 7. The summed E-state index contributed by atoms with van der Waals surface area (Å²) >= 11 is 11.5. The van der Waals surface area contributed by atoms with Crippen LogP contribution in [0.5, 0.6) is 0 Å². The van der Waals surface area contributed by atoms with Crippen molar-refractivity contribution in [3.63, 3.8) is 0 Å². The molecule has 0 spiro atoms. The van der Waals surface area contributed by atoms with E-state index >= 15 is 0 Å². The minimum absolute atomic E-state index is 0.459. The molecule has 0 aliphatic rings. The summed E-state index contributed by atoms with van der Waals surface area (Å²) in [6, 6.07) is 0. The lowest BCUT2D eigenvalue weighted by Gasteiger charge is -2.14. The predicted octanol–water partition coefficient (Wildman–Crippen LogP) is 4.18. The number of primary amides is 1. The molecule has 0 saturated heterocycles. The van der Waals surface area contributed by atoms with E-state index in [4.69, 9.17) is 28.9 Å². The van der Waals surface area contributed by atoms with Gasteiger partial charge in [-0.3, -0.25) is 4.79 Å². The van der Waals surface area contributed by atoms with Crippen LogP contribution < -0.4 is 5.73 Å². The molecule has 96 valence electrons. The molecule has 0 aromatic carbocycles. The molecule has 4 heteroatoms. The quantitative estimate of drug-likeness (QED) is 0.469. The molecule has 0 aromatic rings. The Bertz CT molecular complexity index is 195. The van der Waals surface area contributed by atoms with Gasteiger partial charge in [0.1, 0.15) is 0 Å². The van der Waals surface area contributed by atoms with Crippen molar-refractivity contribution in [3.05, 3.63) is 0 Å². The van der Waals surface area contributed by atoms with E-state index in [1.807, 2.05) is 0 Å². The van der Waals surface area contributed by atoms with Crippen LogP contribution in [0.2, 0.25) is 0 Å². The molecule has 0 aliphatic carbocycles. The van der Waals surface area contributed by atoms with Gasteiger partial charge in [-0.15, -0.1) is 0 Å². The number of amides is 1. The van der Waals surface area contributed by atoms with Crippen LogP contribution >= 0.6 is 23.2 Å². The zero-order valence-corrected chi connectivity index (χ0v) is 11.6. The molecular weight excluding hydrogens is 245 g/mol. The molecule has 0 bridgehead atoms. The zero-order valence-electron chi connectivity index (χ0n) is 10.1. The van der Waals surface area contributed by atoms with Gasteiger partial charge in [-0.1, -0.05) is 75.1 Å². The van der Waals surface area contributed by atoms with Crippen LogP contribution in [0.1, 0.15) is 64.7 Å². The van der Waals surface area contributed by atoms with Gasteiger partial charge in [0, 0.05) is 0 Å². The summed E-state index contributed by atoms with van der Waals surface area (Å²) in [5.74, 6) is -0.640. The third kappa shape index (κ3) is 8.23. The van der Waals surface area contributed by atoms with Crippen molar-refractivity contribution in [2.45, 2.75) is 69.0 Å². The molecule has 0 rings (SSSR count). The molecule has 2 nitrogen and oxygen atoms in total. The summed E-state index contributed by atoms with van der Waals surface area (Å²) in [5.41, 5.74) is 5.06. The Labute approximate surface area is 109 Å². The van der Waals surface area contributed by atoms with Crippen LogP contribution in [0.25, 0.3) is 0 Å². The van der Waals surface area contributed by atoms with E-state index in [-0.39, 0.29) is 0 Å². The summed E-state index contributed by atoms with van der Waals surface area (Å²) in [4.78, 5) is 10.8. The van der Waals surface area contributed by atoms with E-state index in [2.05, 4.69) is 6.92 Å². The van der Waals surface area contributed by atoms with Gasteiger partial charge in [0.15, 0.2) is 4.33 Å². The second kappa shape index (κ2) is 9.12. The number of carbonyl (C=O) groups is 1. The average Bonchev–Trinajstić information content (AvgIpc) is 2.21. The minimum atomic E-state index is -1.37. The summed E-state index contributed by atoms with van der Waals surface area (Å²) in [6.45, 7) is 2.21. The molecule has 0 heterocycles. The lowest BCUT2D eigenvalue weighted by Crippen LogP contribution is -2.33. The van der Waals surface area contributed by atoms with Gasteiger partial charge in [0.25, 0.3) is 5.91 Å². The number of hydrogen-bond acceptors (Lipinski definition) is 1. The van der Waals surface area contributed by atoms with Gasteiger partial charge in [0.05, 0.1) is 0 Å². The summed E-state index contributed by atoms with van der Waals surface area (Å²) in [7, 11) is 0. The molecule has 0 fully saturated rings. The standard InChI is InChI=1S/C12H23Cl2NO/c1-2-3-4-5-6-7-8-9-10-12(13,14)11(15)16/h2-10H2,1H3,(H2,15,16). The topological polar surface area (TPSA) is 43.1 Å². The maximum atomic E-state index is 10.8. The highest BCUT2D eigenvalue weighted by molar-refractivity contribution is 6.57. The predicted molar refractivity (Wildman–Crippen MR) is 70.9 cm³/mol. The Balaban J connectivity index is 3.30. The summed E-state index contributed by atoms with van der Waals surface area (Å²) in [5, 5.41) is 0. The monoisotopic (exact) mass is 267 g/mol. The van der Waals surface area contributed by atoms with Crippen molar-refractivity contribution in [2.75, 3.05) is 0 Å². The lowest BCUT2D eigenvalue weighted by molar-refractivity contribution is -0.118. The van der Waals surface area contributed by atoms with Gasteiger partial charge in [-0.2, -0.15) is 0 Å². The fraction of sp³-hybridized carbons (Fsp3) is 0.917. The van der Waals surface area contributed by atoms with E-state index in [1.54, 1.807) is 0 Å². The van der Waals surface area contributed by atoms with Crippen molar-refractivity contribution in [1.29, 1.82) is 0 Å². The van der Waals surface area contributed by atoms with Crippen LogP contribution in [-0.4, -0.2) is 10.2 Å². The third-order valence-corrected chi connectivity index (χ3v) is 3.46. The molecule has 0 saturated carbocycles. The zero-order chi connectivity index (χ0) is 12.4. The third-order valence-electron chi connectivity index (χ3n) is 2.70. The molecule has 0 aromatic heterocycles. The van der Waals surface area contributed by atoms with Gasteiger partial charge in [-0.25, -0.2) is 0 Å². The van der Waals surface area contributed by atoms with Crippen LogP contribution in [0.4, 0.5) is 0 Å². The minimum Gasteiger partial charge on any atom is -0.367 e. The van der Waals surface area contributed by atoms with Crippen molar-refractivity contribution >= 4 is 29.1 Å². The molecular formula is C12H23Cl2NO. The maximum absolute atomic E-state index is 10.8. The first-order valence-corrected chi connectivity index (χ1v) is 6.94. The van der Waals surface area contributed by atoms with E-state index in [1.165, 1.54) is 38.5 Å². The first-order valence-electron chi connectivity index (χ1n) is 6.18. The fourth-order valence-corrected chi connectivity index (χ4v) is 1.87. The average molecular weight is 268 g/mol. The Morgan fingerprint density at radius 2 is 1.44 bits per heavy atom. The van der Waals surface area contributed by atoms with Crippen LogP contribution in [0, 0.1) is 0 Å². The van der Waals surface area contributed by atoms with E-state index in [9.17, 15) is 4.79 Å². The summed E-state index contributed by atoms with van der Waals surface area (Å²) in [6.07, 6.45) is 10.1. The van der Waals surface area contributed by atoms with E-state index in [0.717, 1.165) is 12.8 Å². The van der Waals surface area contributed by atoms with Crippen molar-refractivity contribution < 1.29 is 4.79 Å². The van der Waals surface area contributed by atoms with Crippen molar-refractivity contribution in [2.24, 2.45) is 5.73 Å². The largest absolute Gasteiger partial charge is 0.367 e. The van der Waals surface area contributed by atoms with Gasteiger partial charge in [0.2, 0.25) is 0 Å². The lowest BCUT2D eigenvalue weighted by atomic mass is 10.1. The molecule has 16 heavy (non-hydrogen) atoms. The van der Waals surface area contributed by atoms with Gasteiger partial charge >= 0.3 is 0 Å². The molecule has 2 N–H and O–H groups in total. The molecule has 0 atom stereocenters. The summed E-state index contributed by atoms with van der Waals surface area (Å²) < 4.78 is -1.37. The SMILES string of the molecule is CCCCCCCCCCC(Cl)(Cl)C(N)=O. The maximum Gasteiger partial charge on any atom is 0.253 e. The highest BCUT2D eigenvalue weighted by Gasteiger charge is 2.30. The fourth-order valence-electron chi connectivity index (χ4n) is 1.60. The Kier molecular flexibility index (Phi) is 9.15. The highest BCUT2D eigenvalue weighted by atomic mass is 35.5.